The quantitative estimate of drug-likeness (QED) is 0.889. The number of nitrogen functional groups attached to an aromatic ring is 1. The minimum atomic E-state index is -0.453. The summed E-state index contributed by atoms with van der Waals surface area (Å²) in [4.78, 5) is 11.9. The number of hydrogen-bond acceptors (Lipinski definition) is 4. The maximum absolute atomic E-state index is 13.7. The molecule has 4 nitrogen and oxygen atoms in total. The zero-order valence-corrected chi connectivity index (χ0v) is 9.87. The van der Waals surface area contributed by atoms with Crippen molar-refractivity contribution in [1.29, 1.82) is 0 Å². The minimum Gasteiger partial charge on any atom is -0.368 e. The predicted molar refractivity (Wildman–Crippen MR) is 63.2 cm³/mol. The number of nitrogens with zero attached hydrogens (tertiary/aromatic N) is 3. The Kier molecular flexibility index (Phi) is 3.19. The zero-order chi connectivity index (χ0) is 12.4. The summed E-state index contributed by atoms with van der Waals surface area (Å²) in [5.74, 6) is 0.617. The first-order valence-electron chi connectivity index (χ1n) is 4.96. The van der Waals surface area contributed by atoms with Gasteiger partial charge in [0.05, 0.1) is 5.02 Å². The van der Waals surface area contributed by atoms with Crippen molar-refractivity contribution in [3.05, 3.63) is 46.3 Å². The second-order valence-corrected chi connectivity index (χ2v) is 3.95. The number of anilines is 1. The molecule has 0 fully saturated rings. The SMILES string of the molecule is Cc1nc(N)nc(Cc2cccc(Cl)c2F)n1. The molecule has 2 aromatic rings. The molecule has 0 spiro atoms. The fourth-order valence-electron chi connectivity index (χ4n) is 1.49. The van der Waals surface area contributed by atoms with Crippen molar-refractivity contribution in [2.24, 2.45) is 0 Å². The highest BCUT2D eigenvalue weighted by Crippen LogP contribution is 2.19. The van der Waals surface area contributed by atoms with Gasteiger partial charge in [-0.1, -0.05) is 23.7 Å². The summed E-state index contributed by atoms with van der Waals surface area (Å²) in [6.45, 7) is 1.70. The van der Waals surface area contributed by atoms with Gasteiger partial charge in [-0.3, -0.25) is 0 Å². The first-order valence-corrected chi connectivity index (χ1v) is 5.34. The molecule has 0 unspecified atom stereocenters. The van der Waals surface area contributed by atoms with Crippen LogP contribution in [0.1, 0.15) is 17.2 Å². The molecular formula is C11H10ClFN4. The second kappa shape index (κ2) is 4.63. The van der Waals surface area contributed by atoms with E-state index in [1.54, 1.807) is 19.1 Å². The van der Waals surface area contributed by atoms with Gasteiger partial charge in [0.15, 0.2) is 0 Å². The van der Waals surface area contributed by atoms with Crippen molar-refractivity contribution >= 4 is 17.5 Å². The van der Waals surface area contributed by atoms with Crippen LogP contribution in [-0.2, 0) is 6.42 Å². The number of benzene rings is 1. The number of aryl methyl sites for hydroxylation is 1. The fraction of sp³-hybridized carbons (Fsp3) is 0.182. The molecule has 1 aromatic carbocycles. The van der Waals surface area contributed by atoms with Crippen LogP contribution in [0.25, 0.3) is 0 Å². The van der Waals surface area contributed by atoms with E-state index in [0.29, 0.717) is 17.2 Å². The summed E-state index contributed by atoms with van der Waals surface area (Å²) in [6.07, 6.45) is 0.236. The van der Waals surface area contributed by atoms with Crippen LogP contribution in [0.2, 0.25) is 5.02 Å². The van der Waals surface area contributed by atoms with Gasteiger partial charge < -0.3 is 5.73 Å². The van der Waals surface area contributed by atoms with Crippen LogP contribution >= 0.6 is 11.6 Å². The summed E-state index contributed by atoms with van der Waals surface area (Å²) < 4.78 is 13.7. The molecule has 0 aliphatic carbocycles. The lowest BCUT2D eigenvalue weighted by atomic mass is 10.1. The normalized spacial score (nSPS) is 10.5. The highest BCUT2D eigenvalue weighted by atomic mass is 35.5. The van der Waals surface area contributed by atoms with Crippen molar-refractivity contribution in [3.63, 3.8) is 0 Å². The van der Waals surface area contributed by atoms with E-state index in [9.17, 15) is 4.39 Å². The zero-order valence-electron chi connectivity index (χ0n) is 9.11. The van der Waals surface area contributed by atoms with Crippen molar-refractivity contribution in [2.75, 3.05) is 5.73 Å². The molecule has 0 aliphatic heterocycles. The van der Waals surface area contributed by atoms with E-state index in [-0.39, 0.29) is 17.4 Å². The van der Waals surface area contributed by atoms with E-state index >= 15 is 0 Å². The number of aromatic nitrogens is 3. The topological polar surface area (TPSA) is 64.7 Å². The van der Waals surface area contributed by atoms with Crippen LogP contribution < -0.4 is 5.73 Å². The maximum atomic E-state index is 13.7. The monoisotopic (exact) mass is 252 g/mol. The molecule has 0 radical (unpaired) electrons. The van der Waals surface area contributed by atoms with Crippen LogP contribution in [-0.4, -0.2) is 15.0 Å². The van der Waals surface area contributed by atoms with E-state index in [1.165, 1.54) is 6.07 Å². The summed E-state index contributed by atoms with van der Waals surface area (Å²) in [5.41, 5.74) is 5.93. The predicted octanol–water partition coefficient (Wildman–Crippen LogP) is 2.15. The lowest BCUT2D eigenvalue weighted by Gasteiger charge is -2.04. The van der Waals surface area contributed by atoms with E-state index in [0.717, 1.165) is 0 Å². The average Bonchev–Trinajstić information content (AvgIpc) is 2.23. The Hall–Kier alpha value is -1.75. The highest BCUT2D eigenvalue weighted by Gasteiger charge is 2.09. The van der Waals surface area contributed by atoms with Crippen molar-refractivity contribution in [2.45, 2.75) is 13.3 Å². The molecule has 88 valence electrons. The third kappa shape index (κ3) is 2.68. The van der Waals surface area contributed by atoms with Gasteiger partial charge >= 0.3 is 0 Å². The van der Waals surface area contributed by atoms with E-state index in [2.05, 4.69) is 15.0 Å². The number of rotatable bonds is 2. The number of halogens is 2. The number of hydrogen-bond donors (Lipinski definition) is 1. The Morgan fingerprint density at radius 3 is 2.76 bits per heavy atom. The van der Waals surface area contributed by atoms with Crippen LogP contribution in [0.3, 0.4) is 0 Å². The molecule has 17 heavy (non-hydrogen) atoms. The third-order valence-corrected chi connectivity index (χ3v) is 2.48. The fourth-order valence-corrected chi connectivity index (χ4v) is 1.69. The summed E-state index contributed by atoms with van der Waals surface area (Å²) in [7, 11) is 0. The van der Waals surface area contributed by atoms with Crippen LogP contribution in [0, 0.1) is 12.7 Å². The lowest BCUT2D eigenvalue weighted by Crippen LogP contribution is -2.06. The Morgan fingerprint density at radius 2 is 2.06 bits per heavy atom. The van der Waals surface area contributed by atoms with E-state index < -0.39 is 5.82 Å². The molecule has 0 atom stereocenters. The molecule has 0 saturated heterocycles. The van der Waals surface area contributed by atoms with Crippen LogP contribution in [0.15, 0.2) is 18.2 Å². The Labute approximate surface area is 103 Å². The summed E-state index contributed by atoms with van der Waals surface area (Å²) >= 11 is 5.69. The van der Waals surface area contributed by atoms with Crippen molar-refractivity contribution in [3.8, 4) is 0 Å². The van der Waals surface area contributed by atoms with Gasteiger partial charge in [0, 0.05) is 6.42 Å². The smallest absolute Gasteiger partial charge is 0.223 e. The summed E-state index contributed by atoms with van der Waals surface area (Å²) in [6, 6.07) is 4.81. The standard InChI is InChI=1S/C11H10ClFN4/c1-6-15-9(17-11(14)16-6)5-7-3-2-4-8(12)10(7)13/h2-4H,5H2,1H3,(H2,14,15,16,17). The molecule has 2 N–H and O–H groups in total. The minimum absolute atomic E-state index is 0.0845. The molecule has 1 heterocycles. The first-order chi connectivity index (χ1) is 8.06. The maximum Gasteiger partial charge on any atom is 0.223 e. The largest absolute Gasteiger partial charge is 0.368 e. The Bertz CT molecular complexity index is 539. The Balaban J connectivity index is 2.34. The summed E-state index contributed by atoms with van der Waals surface area (Å²) in [5, 5.41) is 0.0845. The molecule has 6 heteroatoms. The molecule has 0 aliphatic rings. The molecule has 0 amide bonds. The van der Waals surface area contributed by atoms with Gasteiger partial charge in [0.2, 0.25) is 5.95 Å². The van der Waals surface area contributed by atoms with Crippen molar-refractivity contribution in [1.82, 2.24) is 15.0 Å². The van der Waals surface area contributed by atoms with Gasteiger partial charge in [-0.15, -0.1) is 0 Å². The van der Waals surface area contributed by atoms with Gasteiger partial charge in [0.25, 0.3) is 0 Å². The molecule has 1 aromatic heterocycles. The van der Waals surface area contributed by atoms with Gasteiger partial charge in [-0.2, -0.15) is 9.97 Å². The van der Waals surface area contributed by atoms with Crippen LogP contribution in [0.5, 0.6) is 0 Å². The van der Waals surface area contributed by atoms with E-state index in [4.69, 9.17) is 17.3 Å². The van der Waals surface area contributed by atoms with Gasteiger partial charge in [-0.05, 0) is 18.6 Å². The first kappa shape index (κ1) is 11.7. The number of nitrogens with two attached hydrogens (primary N) is 1. The van der Waals surface area contributed by atoms with Crippen molar-refractivity contribution < 1.29 is 4.39 Å². The molecule has 0 bridgehead atoms. The average molecular weight is 253 g/mol. The highest BCUT2D eigenvalue weighted by molar-refractivity contribution is 6.30. The molecular weight excluding hydrogens is 243 g/mol. The molecule has 2 rings (SSSR count). The van der Waals surface area contributed by atoms with Gasteiger partial charge in [-0.25, -0.2) is 9.37 Å². The van der Waals surface area contributed by atoms with E-state index in [1.807, 2.05) is 0 Å². The lowest BCUT2D eigenvalue weighted by molar-refractivity contribution is 0.612. The van der Waals surface area contributed by atoms with Gasteiger partial charge in [0.1, 0.15) is 17.5 Å². The third-order valence-electron chi connectivity index (χ3n) is 2.19. The Morgan fingerprint density at radius 1 is 1.29 bits per heavy atom. The van der Waals surface area contributed by atoms with Crippen LogP contribution in [0.4, 0.5) is 10.3 Å². The molecule has 0 saturated carbocycles. The second-order valence-electron chi connectivity index (χ2n) is 3.55.